The average Bonchev–Trinajstić information content (AvgIpc) is 2.46. The number of benzene rings is 1. The molecule has 0 aliphatic heterocycles. The Hall–Kier alpha value is -1.47. The van der Waals surface area contributed by atoms with E-state index in [4.69, 9.17) is 11.3 Å². The molecule has 0 saturated carbocycles. The Bertz CT molecular complexity index is 517. The quantitative estimate of drug-likeness (QED) is 0.487. The largest absolute Gasteiger partial charge is 0.468 e. The molecule has 0 radical (unpaired) electrons. The number of thiol groups is 1. The number of methoxy groups -OCH3 is 1. The smallest absolute Gasteiger partial charge is 0.321 e. The minimum atomic E-state index is -0.868. The van der Waals surface area contributed by atoms with Crippen LogP contribution in [0, 0.1) is 6.57 Å². The molecule has 0 bridgehead atoms. The minimum Gasteiger partial charge on any atom is -0.468 e. The van der Waals surface area contributed by atoms with Crippen molar-refractivity contribution in [2.75, 3.05) is 7.11 Å². The number of hydrogen-bond donors (Lipinski definition) is 1. The number of esters is 1. The van der Waals surface area contributed by atoms with Crippen LogP contribution in [-0.2, 0) is 9.53 Å². The van der Waals surface area contributed by atoms with E-state index in [-0.39, 0.29) is 11.9 Å². The van der Waals surface area contributed by atoms with Gasteiger partial charge in [0.2, 0.25) is 5.54 Å². The Balaban J connectivity index is 3.04. The summed E-state index contributed by atoms with van der Waals surface area (Å²) in [5.41, 5.74) is 0.652. The lowest BCUT2D eigenvalue weighted by atomic mass is 9.81. The number of hydrogen-bond acceptors (Lipinski definition) is 3. The second-order valence-corrected chi connectivity index (χ2v) is 7.19. The van der Waals surface area contributed by atoms with Gasteiger partial charge in [-0.15, -0.1) is 0 Å². The van der Waals surface area contributed by atoms with Gasteiger partial charge in [-0.2, -0.15) is 12.6 Å². The van der Waals surface area contributed by atoms with E-state index in [0.717, 1.165) is 5.56 Å². The van der Waals surface area contributed by atoms with E-state index in [1.807, 2.05) is 44.2 Å². The zero-order valence-corrected chi connectivity index (χ0v) is 14.0. The third kappa shape index (κ3) is 5.09. The molecular weight excluding hydrogens is 282 g/mol. The van der Waals surface area contributed by atoms with E-state index >= 15 is 0 Å². The van der Waals surface area contributed by atoms with Crippen LogP contribution in [0.1, 0.15) is 45.1 Å². The first kappa shape index (κ1) is 17.6. The molecule has 0 aromatic heterocycles. The van der Waals surface area contributed by atoms with Crippen LogP contribution >= 0.6 is 12.6 Å². The second-order valence-electron chi connectivity index (χ2n) is 6.21. The molecule has 0 aliphatic carbocycles. The highest BCUT2D eigenvalue weighted by Gasteiger charge is 2.37. The molecule has 0 N–H and O–H groups in total. The van der Waals surface area contributed by atoms with Gasteiger partial charge in [-0.05, 0) is 24.8 Å². The standard InChI is InChI=1S/C17H23NO2S/c1-16(2,18-4)11-14(13-9-7-6-8-10-13)12-17(3,21)15(19)20-5/h6-10,14,21H,11-12H2,1-3,5H3. The highest BCUT2D eigenvalue weighted by atomic mass is 32.1. The van der Waals surface area contributed by atoms with E-state index < -0.39 is 10.3 Å². The van der Waals surface area contributed by atoms with Crippen molar-refractivity contribution in [3.05, 3.63) is 47.3 Å². The van der Waals surface area contributed by atoms with Gasteiger partial charge in [0, 0.05) is 20.3 Å². The minimum absolute atomic E-state index is 0.0805. The summed E-state index contributed by atoms with van der Waals surface area (Å²) in [5.74, 6) is -0.260. The van der Waals surface area contributed by atoms with E-state index in [1.165, 1.54) is 7.11 Å². The Labute approximate surface area is 132 Å². The summed E-state index contributed by atoms with van der Waals surface area (Å²) >= 11 is 4.48. The van der Waals surface area contributed by atoms with Gasteiger partial charge in [0.1, 0.15) is 4.75 Å². The van der Waals surface area contributed by atoms with Crippen molar-refractivity contribution in [1.82, 2.24) is 0 Å². The SMILES string of the molecule is [C-]#[N+]C(C)(C)CC(CC(C)(S)C(=O)OC)c1ccccc1. The Morgan fingerprint density at radius 3 is 2.33 bits per heavy atom. The summed E-state index contributed by atoms with van der Waals surface area (Å²) in [6.07, 6.45) is 1.21. The molecule has 1 rings (SSSR count). The lowest BCUT2D eigenvalue weighted by molar-refractivity contribution is -0.143. The number of nitrogens with zero attached hydrogens (tertiary/aromatic N) is 1. The zero-order chi connectivity index (χ0) is 16.1. The average molecular weight is 305 g/mol. The van der Waals surface area contributed by atoms with Crippen LogP contribution in [-0.4, -0.2) is 23.4 Å². The van der Waals surface area contributed by atoms with Crippen LogP contribution in [0.5, 0.6) is 0 Å². The van der Waals surface area contributed by atoms with Gasteiger partial charge in [-0.1, -0.05) is 30.3 Å². The molecule has 0 spiro atoms. The molecule has 0 saturated heterocycles. The molecule has 21 heavy (non-hydrogen) atoms. The first-order valence-electron chi connectivity index (χ1n) is 6.96. The number of carbonyl (C=O) groups excluding carboxylic acids is 1. The maximum absolute atomic E-state index is 11.9. The normalized spacial score (nSPS) is 15.6. The molecule has 0 aliphatic rings. The van der Waals surface area contributed by atoms with Gasteiger partial charge in [-0.3, -0.25) is 4.79 Å². The fraction of sp³-hybridized carbons (Fsp3) is 0.529. The fourth-order valence-corrected chi connectivity index (χ4v) is 2.78. The first-order valence-corrected chi connectivity index (χ1v) is 7.41. The Morgan fingerprint density at radius 2 is 1.86 bits per heavy atom. The number of ether oxygens (including phenoxy) is 1. The molecule has 2 unspecified atom stereocenters. The predicted molar refractivity (Wildman–Crippen MR) is 88.5 cm³/mol. The maximum Gasteiger partial charge on any atom is 0.321 e. The predicted octanol–water partition coefficient (Wildman–Crippen LogP) is 4.11. The highest BCUT2D eigenvalue weighted by molar-refractivity contribution is 7.82. The fourth-order valence-electron chi connectivity index (χ4n) is 2.46. The van der Waals surface area contributed by atoms with Crippen molar-refractivity contribution < 1.29 is 9.53 Å². The molecule has 0 heterocycles. The van der Waals surface area contributed by atoms with Crippen LogP contribution in [0.4, 0.5) is 0 Å². The summed E-state index contributed by atoms with van der Waals surface area (Å²) in [5, 5.41) is 0. The van der Waals surface area contributed by atoms with E-state index in [0.29, 0.717) is 12.8 Å². The maximum atomic E-state index is 11.9. The number of rotatable bonds is 6. The summed E-state index contributed by atoms with van der Waals surface area (Å²) in [7, 11) is 1.37. The monoisotopic (exact) mass is 305 g/mol. The van der Waals surface area contributed by atoms with E-state index in [9.17, 15) is 4.79 Å². The van der Waals surface area contributed by atoms with Crippen LogP contribution in [0.15, 0.2) is 30.3 Å². The van der Waals surface area contributed by atoms with Crippen LogP contribution in [0.25, 0.3) is 4.85 Å². The summed E-state index contributed by atoms with van der Waals surface area (Å²) in [6, 6.07) is 9.97. The van der Waals surface area contributed by atoms with Crippen molar-refractivity contribution in [2.24, 2.45) is 0 Å². The zero-order valence-electron chi connectivity index (χ0n) is 13.1. The van der Waals surface area contributed by atoms with Crippen molar-refractivity contribution >= 4 is 18.6 Å². The molecule has 3 nitrogen and oxygen atoms in total. The van der Waals surface area contributed by atoms with Crippen molar-refractivity contribution in [3.63, 3.8) is 0 Å². The summed E-state index contributed by atoms with van der Waals surface area (Å²) in [6.45, 7) is 12.9. The van der Waals surface area contributed by atoms with Gasteiger partial charge in [0.15, 0.2) is 0 Å². The summed E-state index contributed by atoms with van der Waals surface area (Å²) in [4.78, 5) is 15.6. The summed E-state index contributed by atoms with van der Waals surface area (Å²) < 4.78 is 3.96. The second kappa shape index (κ2) is 7.00. The molecule has 1 aromatic rings. The first-order chi connectivity index (χ1) is 9.72. The Kier molecular flexibility index (Phi) is 5.86. The Morgan fingerprint density at radius 1 is 1.29 bits per heavy atom. The third-order valence-electron chi connectivity index (χ3n) is 3.59. The molecule has 4 heteroatoms. The van der Waals surface area contributed by atoms with Gasteiger partial charge < -0.3 is 9.58 Å². The van der Waals surface area contributed by atoms with Gasteiger partial charge in [0.25, 0.3) is 0 Å². The lowest BCUT2D eigenvalue weighted by Gasteiger charge is -2.28. The highest BCUT2D eigenvalue weighted by Crippen LogP contribution is 2.37. The van der Waals surface area contributed by atoms with E-state index in [1.54, 1.807) is 6.92 Å². The van der Waals surface area contributed by atoms with Crippen molar-refractivity contribution in [1.29, 1.82) is 0 Å². The van der Waals surface area contributed by atoms with Crippen LogP contribution in [0.3, 0.4) is 0 Å². The molecule has 1 aromatic carbocycles. The topological polar surface area (TPSA) is 30.7 Å². The molecule has 114 valence electrons. The van der Waals surface area contributed by atoms with Gasteiger partial charge >= 0.3 is 5.97 Å². The van der Waals surface area contributed by atoms with E-state index in [2.05, 4.69) is 17.5 Å². The third-order valence-corrected chi connectivity index (χ3v) is 3.95. The molecular formula is C17H23NO2S. The van der Waals surface area contributed by atoms with Crippen molar-refractivity contribution in [3.8, 4) is 0 Å². The molecule has 2 atom stereocenters. The molecule has 0 amide bonds. The van der Waals surface area contributed by atoms with Crippen LogP contribution in [0.2, 0.25) is 0 Å². The van der Waals surface area contributed by atoms with Gasteiger partial charge in [0.05, 0.1) is 7.11 Å². The molecule has 0 fully saturated rings. The van der Waals surface area contributed by atoms with Gasteiger partial charge in [-0.25, -0.2) is 6.57 Å². The lowest BCUT2D eigenvalue weighted by Crippen LogP contribution is -2.33. The van der Waals surface area contributed by atoms with Crippen molar-refractivity contribution in [2.45, 2.75) is 49.8 Å². The van der Waals surface area contributed by atoms with Crippen LogP contribution < -0.4 is 0 Å². The number of carbonyl (C=O) groups is 1.